The van der Waals surface area contributed by atoms with Crippen LogP contribution in [0.4, 0.5) is 0 Å². The normalized spacial score (nSPS) is 17.8. The Kier molecular flexibility index (Phi) is 3.25. The van der Waals surface area contributed by atoms with Crippen LogP contribution in [0.5, 0.6) is 0 Å². The third-order valence-corrected chi connectivity index (χ3v) is 4.19. The number of nitrogens with one attached hydrogen (secondary N) is 1. The summed E-state index contributed by atoms with van der Waals surface area (Å²) >= 11 is 0. The molecule has 3 heterocycles. The highest BCUT2D eigenvalue weighted by Crippen LogP contribution is 2.32. The van der Waals surface area contributed by atoms with Crippen LogP contribution >= 0.6 is 0 Å². The summed E-state index contributed by atoms with van der Waals surface area (Å²) in [5, 5.41) is 10.6. The molecule has 0 bridgehead atoms. The summed E-state index contributed by atoms with van der Waals surface area (Å²) in [7, 11) is 0. The SMILES string of the molecule is Cc1cncc(C2CCCN2C(=O)c2ccc3n[nH]nc3c2)n1. The zero-order valence-corrected chi connectivity index (χ0v) is 12.7. The number of rotatable bonds is 2. The largest absolute Gasteiger partial charge is 0.330 e. The molecule has 1 aliphatic heterocycles. The van der Waals surface area contributed by atoms with Gasteiger partial charge in [-0.3, -0.25) is 14.8 Å². The van der Waals surface area contributed by atoms with Crippen LogP contribution < -0.4 is 0 Å². The van der Waals surface area contributed by atoms with Gasteiger partial charge in [-0.1, -0.05) is 0 Å². The summed E-state index contributed by atoms with van der Waals surface area (Å²) in [6.45, 7) is 2.64. The van der Waals surface area contributed by atoms with E-state index >= 15 is 0 Å². The third kappa shape index (κ3) is 2.44. The first-order valence-electron chi connectivity index (χ1n) is 7.62. The summed E-state index contributed by atoms with van der Waals surface area (Å²) in [5.74, 6) is 0.000654. The molecule has 1 aromatic carbocycles. The Balaban J connectivity index is 1.66. The first-order valence-corrected chi connectivity index (χ1v) is 7.62. The van der Waals surface area contributed by atoms with E-state index in [1.54, 1.807) is 24.5 Å². The molecule has 0 saturated carbocycles. The number of benzene rings is 1. The Morgan fingerprint density at radius 3 is 3.00 bits per heavy atom. The molecule has 7 heteroatoms. The minimum absolute atomic E-state index is 0.000654. The van der Waals surface area contributed by atoms with Gasteiger partial charge in [-0.15, -0.1) is 0 Å². The summed E-state index contributed by atoms with van der Waals surface area (Å²) in [6.07, 6.45) is 5.36. The molecule has 1 fully saturated rings. The lowest BCUT2D eigenvalue weighted by Gasteiger charge is -2.24. The molecule has 1 N–H and O–H groups in total. The van der Waals surface area contributed by atoms with Crippen LogP contribution in [-0.4, -0.2) is 42.7 Å². The second-order valence-electron chi connectivity index (χ2n) is 5.77. The van der Waals surface area contributed by atoms with Gasteiger partial charge in [0, 0.05) is 18.3 Å². The van der Waals surface area contributed by atoms with E-state index in [2.05, 4.69) is 25.4 Å². The number of carbonyl (C=O) groups excluding carboxylic acids is 1. The third-order valence-electron chi connectivity index (χ3n) is 4.19. The molecule has 3 aromatic rings. The highest BCUT2D eigenvalue weighted by Gasteiger charge is 2.32. The van der Waals surface area contributed by atoms with Crippen molar-refractivity contribution in [2.75, 3.05) is 6.54 Å². The molecule has 1 amide bonds. The Bertz CT molecular complexity index is 874. The Hall–Kier alpha value is -2.83. The number of likely N-dealkylation sites (tertiary alicyclic amines) is 1. The molecule has 1 atom stereocenters. The standard InChI is InChI=1S/C16H16N6O/c1-10-8-17-9-14(18-10)15-3-2-6-22(15)16(23)11-4-5-12-13(7-11)20-21-19-12/h4-5,7-9,15H,2-3,6H2,1H3,(H,19,20,21). The number of aromatic amines is 1. The predicted molar refractivity (Wildman–Crippen MR) is 83.7 cm³/mol. The number of H-pyrrole nitrogens is 1. The molecule has 0 radical (unpaired) electrons. The van der Waals surface area contributed by atoms with Crippen molar-refractivity contribution in [3.8, 4) is 0 Å². The maximum atomic E-state index is 12.9. The number of carbonyl (C=O) groups is 1. The Morgan fingerprint density at radius 2 is 2.13 bits per heavy atom. The zero-order valence-electron chi connectivity index (χ0n) is 12.7. The highest BCUT2D eigenvalue weighted by atomic mass is 16.2. The van der Waals surface area contributed by atoms with Crippen LogP contribution in [0.1, 0.15) is 40.6 Å². The van der Waals surface area contributed by atoms with Crippen LogP contribution in [0.15, 0.2) is 30.6 Å². The van der Waals surface area contributed by atoms with E-state index in [9.17, 15) is 4.79 Å². The highest BCUT2D eigenvalue weighted by molar-refractivity contribution is 5.97. The molecule has 1 aliphatic rings. The number of hydrogen-bond donors (Lipinski definition) is 1. The van der Waals surface area contributed by atoms with Crippen molar-refractivity contribution < 1.29 is 4.79 Å². The van der Waals surface area contributed by atoms with Gasteiger partial charge in [0.15, 0.2) is 0 Å². The monoisotopic (exact) mass is 308 g/mol. The van der Waals surface area contributed by atoms with Gasteiger partial charge in [0.1, 0.15) is 11.0 Å². The lowest BCUT2D eigenvalue weighted by Crippen LogP contribution is -2.31. The van der Waals surface area contributed by atoms with Crippen molar-refractivity contribution in [2.45, 2.75) is 25.8 Å². The van der Waals surface area contributed by atoms with E-state index in [0.29, 0.717) is 11.1 Å². The summed E-state index contributed by atoms with van der Waals surface area (Å²) in [4.78, 5) is 23.5. The molecule has 23 heavy (non-hydrogen) atoms. The average molecular weight is 308 g/mol. The van der Waals surface area contributed by atoms with Crippen molar-refractivity contribution in [1.29, 1.82) is 0 Å². The molecule has 1 unspecified atom stereocenters. The lowest BCUT2D eigenvalue weighted by atomic mass is 10.1. The minimum Gasteiger partial charge on any atom is -0.330 e. The molecule has 1 saturated heterocycles. The molecule has 116 valence electrons. The van der Waals surface area contributed by atoms with Crippen LogP contribution in [-0.2, 0) is 0 Å². The Labute approximate surface area is 132 Å². The zero-order chi connectivity index (χ0) is 15.8. The molecule has 7 nitrogen and oxygen atoms in total. The van der Waals surface area contributed by atoms with Crippen molar-refractivity contribution in [3.63, 3.8) is 0 Å². The van der Waals surface area contributed by atoms with Crippen LogP contribution in [0.2, 0.25) is 0 Å². The molecule has 2 aromatic heterocycles. The summed E-state index contributed by atoms with van der Waals surface area (Å²) < 4.78 is 0. The van der Waals surface area contributed by atoms with Gasteiger partial charge in [-0.05, 0) is 38.0 Å². The van der Waals surface area contributed by atoms with Crippen molar-refractivity contribution >= 4 is 16.9 Å². The fraction of sp³-hybridized carbons (Fsp3) is 0.312. The van der Waals surface area contributed by atoms with Gasteiger partial charge in [-0.25, -0.2) is 0 Å². The molecule has 4 rings (SSSR count). The molecular formula is C16H16N6O. The van der Waals surface area contributed by atoms with Crippen LogP contribution in [0.3, 0.4) is 0 Å². The number of nitrogens with zero attached hydrogens (tertiary/aromatic N) is 5. The topological polar surface area (TPSA) is 87.7 Å². The first-order chi connectivity index (χ1) is 11.2. The molecule has 0 spiro atoms. The van der Waals surface area contributed by atoms with E-state index < -0.39 is 0 Å². The van der Waals surface area contributed by atoms with Crippen molar-refractivity contribution in [1.82, 2.24) is 30.3 Å². The van der Waals surface area contributed by atoms with Gasteiger partial charge in [0.2, 0.25) is 0 Å². The van der Waals surface area contributed by atoms with Crippen molar-refractivity contribution in [3.05, 3.63) is 47.5 Å². The summed E-state index contributed by atoms with van der Waals surface area (Å²) in [6, 6.07) is 5.37. The second kappa shape index (κ2) is 5.42. The van der Waals surface area contributed by atoms with Crippen LogP contribution in [0, 0.1) is 6.92 Å². The van der Waals surface area contributed by atoms with Gasteiger partial charge >= 0.3 is 0 Å². The van der Waals surface area contributed by atoms with Gasteiger partial charge < -0.3 is 4.90 Å². The van der Waals surface area contributed by atoms with E-state index in [0.717, 1.165) is 36.3 Å². The number of hydrogen-bond acceptors (Lipinski definition) is 5. The quantitative estimate of drug-likeness (QED) is 0.782. The Morgan fingerprint density at radius 1 is 1.26 bits per heavy atom. The fourth-order valence-corrected chi connectivity index (χ4v) is 3.10. The van der Waals surface area contributed by atoms with Gasteiger partial charge in [0.25, 0.3) is 5.91 Å². The number of fused-ring (bicyclic) bond motifs is 1. The number of aryl methyl sites for hydroxylation is 1. The van der Waals surface area contributed by atoms with Crippen LogP contribution in [0.25, 0.3) is 11.0 Å². The van der Waals surface area contributed by atoms with Gasteiger partial charge in [0.05, 0.1) is 23.6 Å². The van der Waals surface area contributed by atoms with E-state index in [-0.39, 0.29) is 11.9 Å². The first kappa shape index (κ1) is 13.8. The smallest absolute Gasteiger partial charge is 0.254 e. The maximum absolute atomic E-state index is 12.9. The van der Waals surface area contributed by atoms with E-state index in [4.69, 9.17) is 0 Å². The molecule has 0 aliphatic carbocycles. The predicted octanol–water partition coefficient (Wildman–Crippen LogP) is 2.03. The average Bonchev–Trinajstić information content (AvgIpc) is 3.22. The van der Waals surface area contributed by atoms with E-state index in [1.807, 2.05) is 17.9 Å². The second-order valence-corrected chi connectivity index (χ2v) is 5.77. The molecular weight excluding hydrogens is 292 g/mol. The van der Waals surface area contributed by atoms with E-state index in [1.165, 1.54) is 0 Å². The lowest BCUT2D eigenvalue weighted by molar-refractivity contribution is 0.0732. The maximum Gasteiger partial charge on any atom is 0.254 e. The summed E-state index contributed by atoms with van der Waals surface area (Å²) in [5.41, 5.74) is 3.80. The minimum atomic E-state index is -0.0112. The number of aromatic nitrogens is 5. The number of amides is 1. The fourth-order valence-electron chi connectivity index (χ4n) is 3.10. The van der Waals surface area contributed by atoms with Gasteiger partial charge in [-0.2, -0.15) is 15.4 Å². The van der Waals surface area contributed by atoms with Crippen molar-refractivity contribution in [2.24, 2.45) is 0 Å².